The highest BCUT2D eigenvalue weighted by Gasteiger charge is 2.25. The molecule has 0 bridgehead atoms. The number of hydrogen-bond donors (Lipinski definition) is 3. The number of alkyl carbamates (subject to hydrolysis) is 1. The Kier molecular flexibility index (Phi) is 11.6. The molecule has 1 heterocycles. The molecule has 9 nitrogen and oxygen atoms in total. The summed E-state index contributed by atoms with van der Waals surface area (Å²) in [6, 6.07) is 0.487. The molecule has 0 unspecified atom stereocenters. The highest BCUT2D eigenvalue weighted by atomic mass is 127. The summed E-state index contributed by atoms with van der Waals surface area (Å²) in [4.78, 5) is 21.0. The van der Waals surface area contributed by atoms with Crippen molar-refractivity contribution in [1.82, 2.24) is 26.1 Å². The van der Waals surface area contributed by atoms with E-state index in [0.717, 1.165) is 44.0 Å². The van der Waals surface area contributed by atoms with Crippen LogP contribution in [0.1, 0.15) is 84.9 Å². The fraction of sp³-hybridized carbons (Fsp3) is 0.810. The van der Waals surface area contributed by atoms with Crippen LogP contribution in [0.2, 0.25) is 0 Å². The Balaban J connectivity index is 0.00000480. The molecule has 1 aromatic heterocycles. The van der Waals surface area contributed by atoms with Crippen LogP contribution >= 0.6 is 24.0 Å². The first-order chi connectivity index (χ1) is 14.2. The van der Waals surface area contributed by atoms with E-state index < -0.39 is 5.60 Å². The van der Waals surface area contributed by atoms with Gasteiger partial charge in [-0.05, 0) is 53.4 Å². The van der Waals surface area contributed by atoms with E-state index in [-0.39, 0.29) is 42.0 Å². The van der Waals surface area contributed by atoms with Crippen molar-refractivity contribution in [2.75, 3.05) is 13.1 Å². The summed E-state index contributed by atoms with van der Waals surface area (Å²) in [5, 5.41) is 13.8. The van der Waals surface area contributed by atoms with E-state index in [1.54, 1.807) is 0 Å². The van der Waals surface area contributed by atoms with Gasteiger partial charge in [0.1, 0.15) is 5.60 Å². The molecule has 2 rings (SSSR count). The van der Waals surface area contributed by atoms with Gasteiger partial charge in [-0.1, -0.05) is 19.0 Å². The van der Waals surface area contributed by atoms with Gasteiger partial charge in [0.25, 0.3) is 0 Å². The first-order valence-electron chi connectivity index (χ1n) is 11.0. The number of carbonyl (C=O) groups is 1. The fourth-order valence-electron chi connectivity index (χ4n) is 3.24. The Bertz CT molecular complexity index is 694. The van der Waals surface area contributed by atoms with Gasteiger partial charge in [-0.15, -0.1) is 24.0 Å². The van der Waals surface area contributed by atoms with Crippen molar-refractivity contribution in [3.8, 4) is 0 Å². The molecule has 0 radical (unpaired) electrons. The van der Waals surface area contributed by atoms with Crippen LogP contribution in [0.3, 0.4) is 0 Å². The summed E-state index contributed by atoms with van der Waals surface area (Å²) in [6.45, 7) is 13.1. The summed E-state index contributed by atoms with van der Waals surface area (Å²) in [7, 11) is 0. The first kappa shape index (κ1) is 27.4. The summed E-state index contributed by atoms with van der Waals surface area (Å²) in [5.41, 5.74) is -0.475. The standard InChI is InChI=1S/C21H38N6O3.HI/c1-7-22-19(23-13-12-17-26-18(14(2)3)27-30-17)24-15-8-10-16(11-9-15)25-20(28)29-21(4,5)6;/h14-16H,7-13H2,1-6H3,(H,25,28)(H2,22,23,24);1H. The minimum absolute atomic E-state index is 0. The average Bonchev–Trinajstić information content (AvgIpc) is 3.11. The van der Waals surface area contributed by atoms with Gasteiger partial charge < -0.3 is 25.2 Å². The predicted octanol–water partition coefficient (Wildman–Crippen LogP) is 3.74. The van der Waals surface area contributed by atoms with E-state index >= 15 is 0 Å². The van der Waals surface area contributed by atoms with E-state index in [2.05, 4.69) is 31.1 Å². The van der Waals surface area contributed by atoms with Crippen LogP contribution in [0, 0.1) is 0 Å². The SMILES string of the molecule is CCNC(=NCCc1nc(C(C)C)no1)NC1CCC(NC(=O)OC(C)(C)C)CC1.I. The normalized spacial score (nSPS) is 19.5. The molecule has 0 spiro atoms. The largest absolute Gasteiger partial charge is 0.444 e. The van der Waals surface area contributed by atoms with Gasteiger partial charge in [-0.3, -0.25) is 4.99 Å². The van der Waals surface area contributed by atoms with E-state index in [9.17, 15) is 4.79 Å². The fourth-order valence-corrected chi connectivity index (χ4v) is 3.24. The monoisotopic (exact) mass is 550 g/mol. The van der Waals surface area contributed by atoms with Gasteiger partial charge in [0.2, 0.25) is 5.89 Å². The van der Waals surface area contributed by atoms with Crippen LogP contribution in [0.15, 0.2) is 9.52 Å². The molecular formula is C21H39IN6O3. The molecule has 10 heteroatoms. The summed E-state index contributed by atoms with van der Waals surface area (Å²) < 4.78 is 10.6. The third-order valence-electron chi connectivity index (χ3n) is 4.73. The number of rotatable bonds is 7. The summed E-state index contributed by atoms with van der Waals surface area (Å²) >= 11 is 0. The number of hydrogen-bond acceptors (Lipinski definition) is 6. The van der Waals surface area contributed by atoms with Crippen LogP contribution in [0.25, 0.3) is 0 Å². The summed E-state index contributed by atoms with van der Waals surface area (Å²) in [5.74, 6) is 2.40. The van der Waals surface area contributed by atoms with Gasteiger partial charge in [0, 0.05) is 31.0 Å². The van der Waals surface area contributed by atoms with Crippen LogP contribution < -0.4 is 16.0 Å². The van der Waals surface area contributed by atoms with Gasteiger partial charge >= 0.3 is 6.09 Å². The molecule has 1 saturated carbocycles. The van der Waals surface area contributed by atoms with Gasteiger partial charge in [0.15, 0.2) is 11.8 Å². The highest BCUT2D eigenvalue weighted by Crippen LogP contribution is 2.19. The minimum atomic E-state index is -0.475. The predicted molar refractivity (Wildman–Crippen MR) is 132 cm³/mol. The second kappa shape index (κ2) is 13.1. The smallest absolute Gasteiger partial charge is 0.407 e. The first-order valence-corrected chi connectivity index (χ1v) is 11.0. The lowest BCUT2D eigenvalue weighted by molar-refractivity contribution is 0.0490. The van der Waals surface area contributed by atoms with E-state index in [1.165, 1.54) is 0 Å². The van der Waals surface area contributed by atoms with Crippen LogP contribution in [-0.2, 0) is 11.2 Å². The number of halogens is 1. The number of aliphatic imine (C=N–C) groups is 1. The molecule has 1 fully saturated rings. The average molecular weight is 550 g/mol. The molecule has 1 aliphatic carbocycles. The number of guanidine groups is 1. The van der Waals surface area contributed by atoms with Crippen molar-refractivity contribution in [2.45, 2.75) is 97.2 Å². The zero-order valence-corrected chi connectivity index (χ0v) is 22.0. The molecule has 0 aromatic carbocycles. The second-order valence-corrected chi connectivity index (χ2v) is 9.05. The number of carbonyl (C=O) groups excluding carboxylic acids is 1. The number of amides is 1. The number of ether oxygens (including phenoxy) is 1. The van der Waals surface area contributed by atoms with Crippen LogP contribution in [-0.4, -0.2) is 53.0 Å². The van der Waals surface area contributed by atoms with Crippen LogP contribution in [0.5, 0.6) is 0 Å². The zero-order valence-electron chi connectivity index (χ0n) is 19.7. The van der Waals surface area contributed by atoms with Gasteiger partial charge in [-0.25, -0.2) is 4.79 Å². The number of aromatic nitrogens is 2. The zero-order chi connectivity index (χ0) is 22.1. The van der Waals surface area contributed by atoms with Crippen molar-refractivity contribution in [1.29, 1.82) is 0 Å². The Morgan fingerprint density at radius 1 is 1.19 bits per heavy atom. The molecule has 1 aromatic rings. The van der Waals surface area contributed by atoms with Crippen molar-refractivity contribution in [2.24, 2.45) is 4.99 Å². The lowest BCUT2D eigenvalue weighted by Gasteiger charge is -2.31. The quantitative estimate of drug-likeness (QED) is 0.269. The second-order valence-electron chi connectivity index (χ2n) is 9.05. The Labute approximate surface area is 203 Å². The maximum absolute atomic E-state index is 11.9. The van der Waals surface area contributed by atoms with Crippen molar-refractivity contribution in [3.63, 3.8) is 0 Å². The molecule has 31 heavy (non-hydrogen) atoms. The topological polar surface area (TPSA) is 114 Å². The van der Waals surface area contributed by atoms with Crippen LogP contribution in [0.4, 0.5) is 4.79 Å². The molecule has 1 aliphatic rings. The molecule has 0 aliphatic heterocycles. The van der Waals surface area contributed by atoms with E-state index in [4.69, 9.17) is 9.26 Å². The van der Waals surface area contributed by atoms with Crippen molar-refractivity contribution >= 4 is 36.0 Å². The van der Waals surface area contributed by atoms with Crippen molar-refractivity contribution < 1.29 is 14.1 Å². The third-order valence-corrected chi connectivity index (χ3v) is 4.73. The Hall–Kier alpha value is -1.59. The maximum Gasteiger partial charge on any atom is 0.407 e. The highest BCUT2D eigenvalue weighted by molar-refractivity contribution is 14.0. The van der Waals surface area contributed by atoms with E-state index in [1.807, 2.05) is 41.5 Å². The molecule has 178 valence electrons. The molecule has 1 amide bonds. The number of nitrogens with zero attached hydrogens (tertiary/aromatic N) is 3. The number of nitrogens with one attached hydrogen (secondary N) is 3. The van der Waals surface area contributed by atoms with Gasteiger partial charge in [0.05, 0.1) is 6.54 Å². The molecular weight excluding hydrogens is 511 g/mol. The molecule has 3 N–H and O–H groups in total. The Morgan fingerprint density at radius 2 is 1.81 bits per heavy atom. The molecule has 0 saturated heterocycles. The lowest BCUT2D eigenvalue weighted by Crippen LogP contribution is -2.48. The minimum Gasteiger partial charge on any atom is -0.444 e. The molecule has 0 atom stereocenters. The van der Waals surface area contributed by atoms with Gasteiger partial charge in [-0.2, -0.15) is 4.98 Å². The van der Waals surface area contributed by atoms with Crippen molar-refractivity contribution in [3.05, 3.63) is 11.7 Å². The maximum atomic E-state index is 11.9. The lowest BCUT2D eigenvalue weighted by atomic mass is 9.91. The summed E-state index contributed by atoms with van der Waals surface area (Å²) in [6.07, 6.45) is 4.03. The Morgan fingerprint density at radius 3 is 2.32 bits per heavy atom. The van der Waals surface area contributed by atoms with E-state index in [0.29, 0.717) is 24.9 Å². The third kappa shape index (κ3) is 10.5.